The molecule has 0 saturated carbocycles. The van der Waals surface area contributed by atoms with Crippen molar-refractivity contribution in [1.29, 1.82) is 0 Å². The second-order valence-corrected chi connectivity index (χ2v) is 7.93. The van der Waals surface area contributed by atoms with Gasteiger partial charge in [0.15, 0.2) is 11.9 Å². The molecular formula is C20H19ClN4O3S. The fraction of sp³-hybridized carbons (Fsp3) is 0.250. The first-order valence-corrected chi connectivity index (χ1v) is 10.3. The van der Waals surface area contributed by atoms with Crippen LogP contribution >= 0.6 is 23.4 Å². The first-order valence-electron chi connectivity index (χ1n) is 8.96. The second-order valence-electron chi connectivity index (χ2n) is 6.55. The van der Waals surface area contributed by atoms with Gasteiger partial charge in [0, 0.05) is 34.5 Å². The first-order chi connectivity index (χ1) is 14.0. The number of carbonyl (C=O) groups excluding carboxylic acids is 1. The number of aryl methyl sites for hydroxylation is 1. The minimum absolute atomic E-state index is 0.119. The molecule has 1 aliphatic rings. The molecule has 150 valence electrons. The average molecular weight is 431 g/mol. The maximum absolute atomic E-state index is 11.4. The number of ether oxygens (including phenoxy) is 2. The Bertz CT molecular complexity index is 1070. The SMILES string of the molecule is CC(=O)Nc1cccc(-n2c(C)nnc2SCc2cc(Cl)cc3c2OCOC3)c1. The standard InChI is InChI=1S/C20H19ClN4O3S/c1-12-23-24-20(25(12)18-5-3-4-17(8-18)22-13(2)26)29-10-15-7-16(21)6-14-9-27-11-28-19(14)15/h3-8H,9-11H2,1-2H3,(H,22,26). The Kier molecular flexibility index (Phi) is 5.75. The molecule has 0 atom stereocenters. The van der Waals surface area contributed by atoms with Crippen LogP contribution in [-0.2, 0) is 21.9 Å². The van der Waals surface area contributed by atoms with Crippen LogP contribution in [0.1, 0.15) is 23.9 Å². The Balaban J connectivity index is 1.61. The van der Waals surface area contributed by atoms with E-state index >= 15 is 0 Å². The minimum Gasteiger partial charge on any atom is -0.467 e. The lowest BCUT2D eigenvalue weighted by molar-refractivity contribution is -0.114. The number of benzene rings is 2. The molecule has 7 nitrogen and oxygen atoms in total. The summed E-state index contributed by atoms with van der Waals surface area (Å²) in [4.78, 5) is 11.4. The van der Waals surface area contributed by atoms with Crippen LogP contribution < -0.4 is 10.1 Å². The van der Waals surface area contributed by atoms with E-state index in [9.17, 15) is 4.79 Å². The highest BCUT2D eigenvalue weighted by atomic mass is 35.5. The number of anilines is 1. The quantitative estimate of drug-likeness (QED) is 0.606. The van der Waals surface area contributed by atoms with Gasteiger partial charge in [-0.25, -0.2) is 0 Å². The van der Waals surface area contributed by atoms with Gasteiger partial charge >= 0.3 is 0 Å². The summed E-state index contributed by atoms with van der Waals surface area (Å²) in [6.07, 6.45) is 0. The molecule has 0 bridgehead atoms. The van der Waals surface area contributed by atoms with E-state index in [0.717, 1.165) is 39.2 Å². The molecule has 9 heteroatoms. The monoisotopic (exact) mass is 430 g/mol. The normalized spacial score (nSPS) is 12.9. The molecule has 4 rings (SSSR count). The van der Waals surface area contributed by atoms with Crippen molar-refractivity contribution in [3.8, 4) is 11.4 Å². The van der Waals surface area contributed by atoms with Crippen LogP contribution in [0.25, 0.3) is 5.69 Å². The zero-order chi connectivity index (χ0) is 20.4. The van der Waals surface area contributed by atoms with Crippen molar-refractivity contribution in [2.75, 3.05) is 12.1 Å². The van der Waals surface area contributed by atoms with E-state index < -0.39 is 0 Å². The van der Waals surface area contributed by atoms with Crippen molar-refractivity contribution >= 4 is 35.0 Å². The number of fused-ring (bicyclic) bond motifs is 1. The fourth-order valence-corrected chi connectivity index (χ4v) is 4.39. The summed E-state index contributed by atoms with van der Waals surface area (Å²) in [5, 5.41) is 12.7. The van der Waals surface area contributed by atoms with Gasteiger partial charge in [0.1, 0.15) is 11.6 Å². The van der Waals surface area contributed by atoms with Crippen molar-refractivity contribution in [1.82, 2.24) is 14.8 Å². The summed E-state index contributed by atoms with van der Waals surface area (Å²) in [6, 6.07) is 11.3. The molecule has 0 fully saturated rings. The summed E-state index contributed by atoms with van der Waals surface area (Å²) >= 11 is 7.81. The molecule has 29 heavy (non-hydrogen) atoms. The van der Waals surface area contributed by atoms with E-state index in [1.54, 1.807) is 0 Å². The fourth-order valence-electron chi connectivity index (χ4n) is 3.17. The van der Waals surface area contributed by atoms with Crippen LogP contribution in [0.15, 0.2) is 41.6 Å². The van der Waals surface area contributed by atoms with E-state index in [1.807, 2.05) is 47.9 Å². The van der Waals surface area contributed by atoms with Crippen LogP contribution in [0.2, 0.25) is 5.02 Å². The third-order valence-corrected chi connectivity index (χ3v) is 5.52. The van der Waals surface area contributed by atoms with Crippen molar-refractivity contribution in [2.24, 2.45) is 0 Å². The average Bonchev–Trinajstić information content (AvgIpc) is 3.06. The molecule has 0 spiro atoms. The zero-order valence-corrected chi connectivity index (χ0v) is 17.5. The van der Waals surface area contributed by atoms with E-state index in [-0.39, 0.29) is 12.7 Å². The van der Waals surface area contributed by atoms with Gasteiger partial charge in [0.05, 0.1) is 12.3 Å². The van der Waals surface area contributed by atoms with Gasteiger partial charge in [0.25, 0.3) is 0 Å². The maximum Gasteiger partial charge on any atom is 0.221 e. The van der Waals surface area contributed by atoms with Crippen molar-refractivity contribution in [3.63, 3.8) is 0 Å². The lowest BCUT2D eigenvalue weighted by atomic mass is 10.1. The number of carbonyl (C=O) groups is 1. The molecule has 0 unspecified atom stereocenters. The number of nitrogens with zero attached hydrogens (tertiary/aromatic N) is 3. The molecule has 3 aromatic rings. The van der Waals surface area contributed by atoms with E-state index in [0.29, 0.717) is 17.4 Å². The lowest BCUT2D eigenvalue weighted by Gasteiger charge is -2.21. The van der Waals surface area contributed by atoms with Crippen molar-refractivity contribution < 1.29 is 14.3 Å². The summed E-state index contributed by atoms with van der Waals surface area (Å²) in [5.41, 5.74) is 3.52. The molecule has 0 aliphatic carbocycles. The highest BCUT2D eigenvalue weighted by Gasteiger charge is 2.18. The number of aromatic nitrogens is 3. The van der Waals surface area contributed by atoms with Crippen LogP contribution in [0.4, 0.5) is 5.69 Å². The topological polar surface area (TPSA) is 78.3 Å². The van der Waals surface area contributed by atoms with Crippen LogP contribution in [0.3, 0.4) is 0 Å². The van der Waals surface area contributed by atoms with Gasteiger partial charge in [-0.1, -0.05) is 29.4 Å². The van der Waals surface area contributed by atoms with E-state index in [2.05, 4.69) is 15.5 Å². The van der Waals surface area contributed by atoms with E-state index in [1.165, 1.54) is 18.7 Å². The molecular weight excluding hydrogens is 412 g/mol. The molecule has 1 amide bonds. The number of halogens is 1. The van der Waals surface area contributed by atoms with Gasteiger partial charge < -0.3 is 14.8 Å². The number of thioether (sulfide) groups is 1. The molecule has 2 aromatic carbocycles. The number of amides is 1. The number of rotatable bonds is 5. The summed E-state index contributed by atoms with van der Waals surface area (Å²) in [5.74, 6) is 2.08. The minimum atomic E-state index is -0.119. The van der Waals surface area contributed by atoms with Gasteiger partial charge in [0.2, 0.25) is 5.91 Å². The van der Waals surface area contributed by atoms with E-state index in [4.69, 9.17) is 21.1 Å². The van der Waals surface area contributed by atoms with Crippen LogP contribution in [-0.4, -0.2) is 27.5 Å². The third-order valence-electron chi connectivity index (χ3n) is 4.33. The molecule has 0 radical (unpaired) electrons. The number of hydrogen-bond donors (Lipinski definition) is 1. The van der Waals surface area contributed by atoms with Gasteiger partial charge in [-0.05, 0) is 37.3 Å². The predicted molar refractivity (Wildman–Crippen MR) is 112 cm³/mol. The molecule has 1 aliphatic heterocycles. The summed E-state index contributed by atoms with van der Waals surface area (Å²) < 4.78 is 13.0. The third kappa shape index (κ3) is 4.39. The second kappa shape index (κ2) is 8.44. The Labute approximate surface area is 177 Å². The predicted octanol–water partition coefficient (Wildman–Crippen LogP) is 4.35. The van der Waals surface area contributed by atoms with Gasteiger partial charge in [-0.3, -0.25) is 9.36 Å². The smallest absolute Gasteiger partial charge is 0.221 e. The summed E-state index contributed by atoms with van der Waals surface area (Å²) in [6.45, 7) is 4.09. The number of hydrogen-bond acceptors (Lipinski definition) is 6. The van der Waals surface area contributed by atoms with Crippen molar-refractivity contribution in [3.05, 3.63) is 58.4 Å². The van der Waals surface area contributed by atoms with Crippen LogP contribution in [0.5, 0.6) is 5.75 Å². The summed E-state index contributed by atoms with van der Waals surface area (Å²) in [7, 11) is 0. The Morgan fingerprint density at radius 3 is 3.00 bits per heavy atom. The Hall–Kier alpha value is -2.55. The molecule has 1 N–H and O–H groups in total. The molecule has 2 heterocycles. The van der Waals surface area contributed by atoms with Gasteiger partial charge in [-0.2, -0.15) is 0 Å². The molecule has 0 saturated heterocycles. The Morgan fingerprint density at radius 1 is 1.31 bits per heavy atom. The first kappa shape index (κ1) is 19.8. The van der Waals surface area contributed by atoms with Gasteiger partial charge in [-0.15, -0.1) is 10.2 Å². The van der Waals surface area contributed by atoms with Crippen molar-refractivity contribution in [2.45, 2.75) is 31.4 Å². The zero-order valence-electron chi connectivity index (χ0n) is 15.9. The molecule has 1 aromatic heterocycles. The highest BCUT2D eigenvalue weighted by molar-refractivity contribution is 7.98. The number of nitrogens with one attached hydrogen (secondary N) is 1. The lowest BCUT2D eigenvalue weighted by Crippen LogP contribution is -2.13. The van der Waals surface area contributed by atoms with Crippen LogP contribution in [0, 0.1) is 6.92 Å². The largest absolute Gasteiger partial charge is 0.467 e. The maximum atomic E-state index is 11.4. The highest BCUT2D eigenvalue weighted by Crippen LogP contribution is 2.35. The Morgan fingerprint density at radius 2 is 2.17 bits per heavy atom.